The van der Waals surface area contributed by atoms with Crippen LogP contribution in [0.25, 0.3) is 0 Å². The second-order valence-corrected chi connectivity index (χ2v) is 9.25. The largest absolute Gasteiger partial charge is 0.482 e. The molecule has 2 aromatic rings. The standard InChI is InChI=1S/C19H18ClF3N2O4S/c1-11-7-13-8-12(3-5-16(13)25(11)30(2,27)28)18(26)24-15-9-14(20)4-6-17(15)29-10-19(21,22)23/h3-6,8-9,11H,7,10H2,1-2H3,(H,24,26). The number of alkyl halides is 3. The smallest absolute Gasteiger partial charge is 0.422 e. The van der Waals surface area contributed by atoms with Gasteiger partial charge >= 0.3 is 6.18 Å². The molecule has 0 aromatic heterocycles. The van der Waals surface area contributed by atoms with Crippen LogP contribution >= 0.6 is 11.6 Å². The van der Waals surface area contributed by atoms with Crippen LogP contribution in [0.5, 0.6) is 5.75 Å². The second-order valence-electron chi connectivity index (χ2n) is 6.95. The van der Waals surface area contributed by atoms with Crippen molar-refractivity contribution in [3.05, 3.63) is 52.5 Å². The fourth-order valence-corrected chi connectivity index (χ4v) is 4.76. The first kappa shape index (κ1) is 22.2. The van der Waals surface area contributed by atoms with Gasteiger partial charge in [-0.25, -0.2) is 8.42 Å². The number of ether oxygens (including phenoxy) is 1. The number of carbonyl (C=O) groups is 1. The summed E-state index contributed by atoms with van der Waals surface area (Å²) in [7, 11) is -3.47. The van der Waals surface area contributed by atoms with Crippen molar-refractivity contribution in [1.82, 2.24) is 0 Å². The Morgan fingerprint density at radius 2 is 1.97 bits per heavy atom. The van der Waals surface area contributed by atoms with Gasteiger partial charge in [0.15, 0.2) is 6.61 Å². The van der Waals surface area contributed by atoms with E-state index in [1.807, 2.05) is 0 Å². The number of rotatable bonds is 5. The SMILES string of the molecule is CC1Cc2cc(C(=O)Nc3cc(Cl)ccc3OCC(F)(F)F)ccc2N1S(C)(=O)=O. The van der Waals surface area contributed by atoms with Crippen molar-refractivity contribution < 1.29 is 31.1 Å². The van der Waals surface area contributed by atoms with E-state index < -0.39 is 28.7 Å². The first-order chi connectivity index (χ1) is 13.8. The Bertz CT molecular complexity index is 1090. The number of hydrogen-bond acceptors (Lipinski definition) is 4. The number of nitrogens with one attached hydrogen (secondary N) is 1. The lowest BCUT2D eigenvalue weighted by molar-refractivity contribution is -0.153. The quantitative estimate of drug-likeness (QED) is 0.721. The van der Waals surface area contributed by atoms with Crippen molar-refractivity contribution in [2.24, 2.45) is 0 Å². The van der Waals surface area contributed by atoms with Crippen LogP contribution in [-0.2, 0) is 16.4 Å². The highest BCUT2D eigenvalue weighted by atomic mass is 35.5. The summed E-state index contributed by atoms with van der Waals surface area (Å²) in [5, 5.41) is 2.71. The fraction of sp³-hybridized carbons (Fsp3) is 0.316. The topological polar surface area (TPSA) is 75.7 Å². The van der Waals surface area contributed by atoms with Crippen LogP contribution in [-0.4, -0.2) is 39.4 Å². The van der Waals surface area contributed by atoms with E-state index in [1.54, 1.807) is 13.0 Å². The molecule has 2 aromatic carbocycles. The van der Waals surface area contributed by atoms with Crippen LogP contribution in [0.1, 0.15) is 22.8 Å². The van der Waals surface area contributed by atoms with Crippen LogP contribution < -0.4 is 14.4 Å². The second kappa shape index (κ2) is 7.99. The molecule has 1 N–H and O–H groups in total. The Morgan fingerprint density at radius 1 is 1.27 bits per heavy atom. The van der Waals surface area contributed by atoms with E-state index in [9.17, 15) is 26.4 Å². The Balaban J connectivity index is 1.84. The van der Waals surface area contributed by atoms with Gasteiger partial charge in [-0.05, 0) is 55.3 Å². The van der Waals surface area contributed by atoms with E-state index in [0.717, 1.165) is 6.26 Å². The van der Waals surface area contributed by atoms with Gasteiger partial charge in [0.2, 0.25) is 10.0 Å². The van der Waals surface area contributed by atoms with E-state index in [0.29, 0.717) is 17.7 Å². The van der Waals surface area contributed by atoms with Gasteiger partial charge in [0.25, 0.3) is 5.91 Å². The molecule has 1 heterocycles. The van der Waals surface area contributed by atoms with E-state index in [-0.39, 0.29) is 28.1 Å². The molecule has 1 aliphatic heterocycles. The van der Waals surface area contributed by atoms with Crippen molar-refractivity contribution >= 4 is 38.9 Å². The third kappa shape index (κ3) is 4.99. The van der Waals surface area contributed by atoms with Gasteiger partial charge in [-0.15, -0.1) is 0 Å². The number of sulfonamides is 1. The summed E-state index contributed by atoms with van der Waals surface area (Å²) >= 11 is 5.90. The minimum Gasteiger partial charge on any atom is -0.482 e. The van der Waals surface area contributed by atoms with E-state index in [1.165, 1.54) is 34.6 Å². The molecule has 0 saturated carbocycles. The number of nitrogens with zero attached hydrogens (tertiary/aromatic N) is 1. The molecule has 30 heavy (non-hydrogen) atoms. The molecular formula is C19H18ClF3N2O4S. The highest BCUT2D eigenvalue weighted by Crippen LogP contribution is 2.35. The van der Waals surface area contributed by atoms with Gasteiger partial charge in [-0.3, -0.25) is 9.10 Å². The number of anilines is 2. The van der Waals surface area contributed by atoms with Crippen molar-refractivity contribution in [1.29, 1.82) is 0 Å². The molecule has 1 atom stereocenters. The zero-order chi connectivity index (χ0) is 22.3. The van der Waals surface area contributed by atoms with Crippen LogP contribution in [0, 0.1) is 0 Å². The first-order valence-electron chi connectivity index (χ1n) is 8.78. The van der Waals surface area contributed by atoms with Crippen LogP contribution in [0.3, 0.4) is 0 Å². The average Bonchev–Trinajstić information content (AvgIpc) is 2.95. The van der Waals surface area contributed by atoms with Gasteiger partial charge in [-0.2, -0.15) is 13.2 Å². The molecule has 162 valence electrons. The van der Waals surface area contributed by atoms with Crippen molar-refractivity contribution in [3.8, 4) is 5.75 Å². The summed E-state index contributed by atoms with van der Waals surface area (Å²) < 4.78 is 67.5. The summed E-state index contributed by atoms with van der Waals surface area (Å²) in [6.45, 7) is 0.243. The van der Waals surface area contributed by atoms with E-state index in [2.05, 4.69) is 5.32 Å². The molecule has 0 saturated heterocycles. The maximum absolute atomic E-state index is 12.7. The predicted molar refractivity (Wildman–Crippen MR) is 108 cm³/mol. The molecule has 1 aliphatic rings. The molecule has 11 heteroatoms. The van der Waals surface area contributed by atoms with Crippen molar-refractivity contribution in [3.63, 3.8) is 0 Å². The monoisotopic (exact) mass is 462 g/mol. The van der Waals surface area contributed by atoms with Gasteiger partial charge in [0, 0.05) is 16.6 Å². The molecule has 6 nitrogen and oxygen atoms in total. The summed E-state index contributed by atoms with van der Waals surface area (Å²) in [4.78, 5) is 12.7. The van der Waals surface area contributed by atoms with Crippen molar-refractivity contribution in [2.45, 2.75) is 25.6 Å². The van der Waals surface area contributed by atoms with Gasteiger partial charge in [-0.1, -0.05) is 11.6 Å². The van der Waals surface area contributed by atoms with Gasteiger partial charge in [0.1, 0.15) is 5.75 Å². The molecule has 0 radical (unpaired) electrons. The molecule has 3 rings (SSSR count). The zero-order valence-corrected chi connectivity index (χ0v) is 17.5. The molecule has 0 spiro atoms. The maximum Gasteiger partial charge on any atom is 0.422 e. The summed E-state index contributed by atoms with van der Waals surface area (Å²) in [6, 6.07) is 8.12. The lowest BCUT2D eigenvalue weighted by atomic mass is 10.1. The van der Waals surface area contributed by atoms with Gasteiger partial charge < -0.3 is 10.1 Å². The minimum absolute atomic E-state index is 0.0108. The lowest BCUT2D eigenvalue weighted by Crippen LogP contribution is -2.34. The number of amides is 1. The van der Waals surface area contributed by atoms with E-state index >= 15 is 0 Å². The Labute approximate surface area is 176 Å². The molecule has 0 fully saturated rings. The zero-order valence-electron chi connectivity index (χ0n) is 16.0. The average molecular weight is 463 g/mol. The number of carbonyl (C=O) groups excluding carboxylic acids is 1. The molecule has 1 unspecified atom stereocenters. The van der Waals surface area contributed by atoms with Crippen molar-refractivity contribution in [2.75, 3.05) is 22.5 Å². The van der Waals surface area contributed by atoms with E-state index in [4.69, 9.17) is 16.3 Å². The molecular weight excluding hydrogens is 445 g/mol. The normalized spacial score (nSPS) is 16.3. The number of halogens is 4. The Hall–Kier alpha value is -2.46. The highest BCUT2D eigenvalue weighted by molar-refractivity contribution is 7.92. The summed E-state index contributed by atoms with van der Waals surface area (Å²) in [5.74, 6) is -0.773. The number of benzene rings is 2. The third-order valence-corrected chi connectivity index (χ3v) is 5.94. The highest BCUT2D eigenvalue weighted by Gasteiger charge is 2.33. The maximum atomic E-state index is 12.7. The third-order valence-electron chi connectivity index (χ3n) is 4.43. The van der Waals surface area contributed by atoms with Crippen LogP contribution in [0.4, 0.5) is 24.5 Å². The summed E-state index contributed by atoms with van der Waals surface area (Å²) in [6.07, 6.45) is -3.00. The Morgan fingerprint density at radius 3 is 2.60 bits per heavy atom. The van der Waals surface area contributed by atoms with Crippen LogP contribution in [0.15, 0.2) is 36.4 Å². The molecule has 1 amide bonds. The fourth-order valence-electron chi connectivity index (χ4n) is 3.33. The minimum atomic E-state index is -4.54. The molecule has 0 bridgehead atoms. The van der Waals surface area contributed by atoms with Crippen LogP contribution in [0.2, 0.25) is 5.02 Å². The first-order valence-corrected chi connectivity index (χ1v) is 11.0. The van der Waals surface area contributed by atoms with Gasteiger partial charge in [0.05, 0.1) is 17.6 Å². The number of hydrogen-bond donors (Lipinski definition) is 1. The lowest BCUT2D eigenvalue weighted by Gasteiger charge is -2.22. The molecule has 0 aliphatic carbocycles. The number of fused-ring (bicyclic) bond motifs is 1. The predicted octanol–water partition coefficient (Wildman–Crippen LogP) is 4.24. The Kier molecular flexibility index (Phi) is 5.92. The summed E-state index contributed by atoms with van der Waals surface area (Å²) in [5.41, 5.74) is 1.39.